The number of carbonyl (C=O) groups is 1. The first-order valence-corrected chi connectivity index (χ1v) is 6.10. The van der Waals surface area contributed by atoms with Crippen molar-refractivity contribution in [1.29, 1.82) is 0 Å². The van der Waals surface area contributed by atoms with Gasteiger partial charge < -0.3 is 5.73 Å². The van der Waals surface area contributed by atoms with Crippen molar-refractivity contribution in [3.8, 4) is 0 Å². The van der Waals surface area contributed by atoms with E-state index in [1.54, 1.807) is 12.1 Å². The van der Waals surface area contributed by atoms with Crippen LogP contribution in [-0.4, -0.2) is 5.78 Å². The third-order valence-corrected chi connectivity index (χ3v) is 3.09. The first kappa shape index (κ1) is 12.4. The standard InChI is InChI=1S/C16H17NO/c1-12-5-2-3-6-13(12)9-10-16(18)14-7-4-8-15(17)11-14/h2-8,11H,9-10,17H2,1H3. The van der Waals surface area contributed by atoms with E-state index in [0.717, 1.165) is 6.42 Å². The van der Waals surface area contributed by atoms with E-state index in [1.165, 1.54) is 11.1 Å². The van der Waals surface area contributed by atoms with Crippen LogP contribution >= 0.6 is 0 Å². The summed E-state index contributed by atoms with van der Waals surface area (Å²) in [5.41, 5.74) is 9.47. The van der Waals surface area contributed by atoms with E-state index < -0.39 is 0 Å². The molecule has 2 nitrogen and oxygen atoms in total. The third-order valence-electron chi connectivity index (χ3n) is 3.09. The summed E-state index contributed by atoms with van der Waals surface area (Å²) >= 11 is 0. The smallest absolute Gasteiger partial charge is 0.163 e. The molecule has 0 amide bonds. The Labute approximate surface area is 107 Å². The van der Waals surface area contributed by atoms with Crippen LogP contribution in [0.2, 0.25) is 0 Å². The Morgan fingerprint density at radius 1 is 1.11 bits per heavy atom. The molecule has 0 fully saturated rings. The van der Waals surface area contributed by atoms with Crippen LogP contribution in [0.3, 0.4) is 0 Å². The van der Waals surface area contributed by atoms with Crippen molar-refractivity contribution in [2.75, 3.05) is 5.73 Å². The lowest BCUT2D eigenvalue weighted by Gasteiger charge is -2.05. The van der Waals surface area contributed by atoms with E-state index >= 15 is 0 Å². The highest BCUT2D eigenvalue weighted by Crippen LogP contribution is 2.13. The van der Waals surface area contributed by atoms with Crippen molar-refractivity contribution in [2.45, 2.75) is 19.8 Å². The second kappa shape index (κ2) is 5.50. The van der Waals surface area contributed by atoms with Crippen molar-refractivity contribution in [3.63, 3.8) is 0 Å². The second-order valence-corrected chi connectivity index (χ2v) is 4.48. The number of hydrogen-bond donors (Lipinski definition) is 1. The molecule has 0 unspecified atom stereocenters. The summed E-state index contributed by atoms with van der Waals surface area (Å²) in [7, 11) is 0. The molecular weight excluding hydrogens is 222 g/mol. The van der Waals surface area contributed by atoms with Gasteiger partial charge in [-0.2, -0.15) is 0 Å². The number of rotatable bonds is 4. The van der Waals surface area contributed by atoms with E-state index in [-0.39, 0.29) is 5.78 Å². The maximum atomic E-state index is 12.0. The highest BCUT2D eigenvalue weighted by Gasteiger charge is 2.07. The van der Waals surface area contributed by atoms with Gasteiger partial charge in [-0.1, -0.05) is 36.4 Å². The van der Waals surface area contributed by atoms with Crippen LogP contribution in [0.5, 0.6) is 0 Å². The molecule has 18 heavy (non-hydrogen) atoms. The summed E-state index contributed by atoms with van der Waals surface area (Å²) in [5, 5.41) is 0. The number of aryl methyl sites for hydroxylation is 2. The fourth-order valence-corrected chi connectivity index (χ4v) is 2.00. The summed E-state index contributed by atoms with van der Waals surface area (Å²) < 4.78 is 0. The molecule has 2 aromatic carbocycles. The van der Waals surface area contributed by atoms with Crippen LogP contribution in [0.1, 0.15) is 27.9 Å². The van der Waals surface area contributed by atoms with Gasteiger partial charge >= 0.3 is 0 Å². The average molecular weight is 239 g/mol. The number of nitrogen functional groups attached to an aromatic ring is 1. The van der Waals surface area contributed by atoms with Crippen molar-refractivity contribution < 1.29 is 4.79 Å². The van der Waals surface area contributed by atoms with E-state index in [0.29, 0.717) is 17.7 Å². The van der Waals surface area contributed by atoms with E-state index in [9.17, 15) is 4.79 Å². The molecular formula is C16H17NO. The number of anilines is 1. The normalized spacial score (nSPS) is 10.3. The topological polar surface area (TPSA) is 43.1 Å². The molecule has 0 aromatic heterocycles. The van der Waals surface area contributed by atoms with E-state index in [4.69, 9.17) is 5.73 Å². The molecule has 0 heterocycles. The Kier molecular flexibility index (Phi) is 3.78. The van der Waals surface area contributed by atoms with Crippen LogP contribution in [0.15, 0.2) is 48.5 Å². The molecule has 0 bridgehead atoms. The van der Waals surface area contributed by atoms with Gasteiger partial charge in [-0.15, -0.1) is 0 Å². The molecule has 92 valence electrons. The predicted octanol–water partition coefficient (Wildman–Crippen LogP) is 3.39. The summed E-state index contributed by atoms with van der Waals surface area (Å²) in [4.78, 5) is 12.0. The van der Waals surface area contributed by atoms with Crippen LogP contribution in [-0.2, 0) is 6.42 Å². The molecule has 2 N–H and O–H groups in total. The monoisotopic (exact) mass is 239 g/mol. The SMILES string of the molecule is Cc1ccccc1CCC(=O)c1cccc(N)c1. The minimum atomic E-state index is 0.144. The third kappa shape index (κ3) is 2.98. The van der Waals surface area contributed by atoms with Crippen molar-refractivity contribution in [3.05, 3.63) is 65.2 Å². The van der Waals surface area contributed by atoms with Gasteiger partial charge in [-0.25, -0.2) is 0 Å². The molecule has 0 atom stereocenters. The fraction of sp³-hybridized carbons (Fsp3) is 0.188. The average Bonchev–Trinajstić information content (AvgIpc) is 2.37. The Bertz CT molecular complexity index is 561. The molecule has 0 saturated carbocycles. The van der Waals surface area contributed by atoms with Gasteiger partial charge in [0.05, 0.1) is 0 Å². The molecule has 0 aliphatic heterocycles. The number of carbonyl (C=O) groups excluding carboxylic acids is 1. The zero-order valence-corrected chi connectivity index (χ0v) is 10.5. The zero-order valence-electron chi connectivity index (χ0n) is 10.5. The van der Waals surface area contributed by atoms with Crippen molar-refractivity contribution in [1.82, 2.24) is 0 Å². The van der Waals surface area contributed by atoms with Crippen LogP contribution in [0.4, 0.5) is 5.69 Å². The van der Waals surface area contributed by atoms with Gasteiger partial charge in [0.15, 0.2) is 5.78 Å². The fourth-order valence-electron chi connectivity index (χ4n) is 2.00. The minimum Gasteiger partial charge on any atom is -0.399 e. The number of benzene rings is 2. The summed E-state index contributed by atoms with van der Waals surface area (Å²) in [6.07, 6.45) is 1.30. The minimum absolute atomic E-state index is 0.144. The number of ketones is 1. The van der Waals surface area contributed by atoms with Gasteiger partial charge in [-0.05, 0) is 36.6 Å². The second-order valence-electron chi connectivity index (χ2n) is 4.48. The molecule has 2 aromatic rings. The quantitative estimate of drug-likeness (QED) is 0.656. The van der Waals surface area contributed by atoms with Gasteiger partial charge in [0, 0.05) is 17.7 Å². The first-order chi connectivity index (χ1) is 8.66. The maximum Gasteiger partial charge on any atom is 0.163 e. The first-order valence-electron chi connectivity index (χ1n) is 6.10. The predicted molar refractivity (Wildman–Crippen MR) is 74.7 cm³/mol. The Morgan fingerprint density at radius 2 is 1.89 bits per heavy atom. The van der Waals surface area contributed by atoms with Crippen molar-refractivity contribution in [2.24, 2.45) is 0 Å². The lowest BCUT2D eigenvalue weighted by atomic mass is 9.99. The molecule has 0 saturated heterocycles. The summed E-state index contributed by atoms with van der Waals surface area (Å²) in [6.45, 7) is 2.07. The van der Waals surface area contributed by atoms with Gasteiger partial charge in [0.1, 0.15) is 0 Å². The molecule has 2 heteroatoms. The molecule has 0 radical (unpaired) electrons. The van der Waals surface area contributed by atoms with Crippen LogP contribution < -0.4 is 5.73 Å². The van der Waals surface area contributed by atoms with Crippen LogP contribution in [0, 0.1) is 6.92 Å². The summed E-state index contributed by atoms with van der Waals surface area (Å²) in [5.74, 6) is 0.144. The lowest BCUT2D eigenvalue weighted by molar-refractivity contribution is 0.0983. The highest BCUT2D eigenvalue weighted by atomic mass is 16.1. The number of nitrogens with two attached hydrogens (primary N) is 1. The molecule has 2 rings (SSSR count). The lowest BCUT2D eigenvalue weighted by Crippen LogP contribution is -2.02. The van der Waals surface area contributed by atoms with E-state index in [1.807, 2.05) is 24.3 Å². The van der Waals surface area contributed by atoms with Crippen molar-refractivity contribution >= 4 is 11.5 Å². The number of hydrogen-bond acceptors (Lipinski definition) is 2. The maximum absolute atomic E-state index is 12.0. The Balaban J connectivity index is 2.03. The molecule has 0 aliphatic rings. The Hall–Kier alpha value is -2.09. The van der Waals surface area contributed by atoms with Gasteiger partial charge in [0.2, 0.25) is 0 Å². The van der Waals surface area contributed by atoms with Gasteiger partial charge in [0.25, 0.3) is 0 Å². The highest BCUT2D eigenvalue weighted by molar-refractivity contribution is 5.96. The molecule has 0 aliphatic carbocycles. The Morgan fingerprint density at radius 3 is 2.61 bits per heavy atom. The largest absolute Gasteiger partial charge is 0.399 e. The zero-order chi connectivity index (χ0) is 13.0. The van der Waals surface area contributed by atoms with E-state index in [2.05, 4.69) is 19.1 Å². The van der Waals surface area contributed by atoms with Gasteiger partial charge in [-0.3, -0.25) is 4.79 Å². The summed E-state index contributed by atoms with van der Waals surface area (Å²) in [6, 6.07) is 15.3. The molecule has 0 spiro atoms. The van der Waals surface area contributed by atoms with Crippen LogP contribution in [0.25, 0.3) is 0 Å². The number of Topliss-reactive ketones (excluding diaryl/α,β-unsaturated/α-hetero) is 1.